The minimum Gasteiger partial charge on any atom is -0.497 e. The first-order valence-corrected chi connectivity index (χ1v) is 15.1. The van der Waals surface area contributed by atoms with Crippen molar-refractivity contribution in [1.82, 2.24) is 10.2 Å². The Bertz CT molecular complexity index is 1190. The van der Waals surface area contributed by atoms with E-state index in [2.05, 4.69) is 5.32 Å². The summed E-state index contributed by atoms with van der Waals surface area (Å²) >= 11 is 12.8. The molecule has 0 aliphatic carbocycles. The number of sulfonamides is 1. The lowest BCUT2D eigenvalue weighted by Gasteiger charge is -2.32. The number of carbonyl (C=O) groups is 2. The molecule has 0 aliphatic rings. The van der Waals surface area contributed by atoms with Crippen LogP contribution in [-0.2, 0) is 26.2 Å². The predicted octanol–water partition coefficient (Wildman–Crippen LogP) is 5.13. The molecule has 2 amide bonds. The standard InChI is InChI=1S/C27H37Cl2N3O5S/c1-6-25(27(34)30-17-19(2)3)31(18-22-23(28)12-8-13-24(22)29)26(33)14-9-15-32(38(5,35)36)20-10-7-11-21(16-20)37-4/h7-8,10-13,16,19,25H,6,9,14-15,17-18H2,1-5H3,(H,30,34)/t25-/m1/s1. The fraction of sp³-hybridized carbons (Fsp3) is 0.481. The van der Waals surface area contributed by atoms with Crippen LogP contribution in [0.4, 0.5) is 5.69 Å². The van der Waals surface area contributed by atoms with Gasteiger partial charge in [-0.05, 0) is 43.0 Å². The number of methoxy groups -OCH3 is 1. The Hall–Kier alpha value is -2.49. The van der Waals surface area contributed by atoms with E-state index in [-0.39, 0.29) is 43.7 Å². The maximum atomic E-state index is 13.6. The Kier molecular flexibility index (Phi) is 12.2. The van der Waals surface area contributed by atoms with Crippen molar-refractivity contribution in [2.45, 2.75) is 52.6 Å². The number of ether oxygens (including phenoxy) is 1. The molecule has 2 rings (SSSR count). The first kappa shape index (κ1) is 31.7. The van der Waals surface area contributed by atoms with Crippen LogP contribution in [0.15, 0.2) is 42.5 Å². The number of halogens is 2. The lowest BCUT2D eigenvalue weighted by Crippen LogP contribution is -2.49. The number of nitrogens with zero attached hydrogens (tertiary/aromatic N) is 2. The van der Waals surface area contributed by atoms with E-state index in [1.165, 1.54) is 16.3 Å². The molecule has 210 valence electrons. The topological polar surface area (TPSA) is 96.0 Å². The quantitative estimate of drug-likeness (QED) is 0.331. The maximum Gasteiger partial charge on any atom is 0.242 e. The molecular weight excluding hydrogens is 549 g/mol. The first-order valence-electron chi connectivity index (χ1n) is 12.5. The Morgan fingerprint density at radius 1 is 1.08 bits per heavy atom. The van der Waals surface area contributed by atoms with Crippen molar-refractivity contribution in [3.63, 3.8) is 0 Å². The molecule has 0 radical (unpaired) electrons. The van der Waals surface area contributed by atoms with Crippen molar-refractivity contribution in [3.05, 3.63) is 58.1 Å². The highest BCUT2D eigenvalue weighted by molar-refractivity contribution is 7.92. The molecule has 0 aromatic heterocycles. The van der Waals surface area contributed by atoms with Crippen LogP contribution >= 0.6 is 23.2 Å². The van der Waals surface area contributed by atoms with E-state index in [9.17, 15) is 18.0 Å². The summed E-state index contributed by atoms with van der Waals surface area (Å²) in [5.74, 6) is 0.212. The van der Waals surface area contributed by atoms with Crippen molar-refractivity contribution in [1.29, 1.82) is 0 Å². The molecular formula is C27H37Cl2N3O5S. The zero-order chi connectivity index (χ0) is 28.5. The second kappa shape index (κ2) is 14.6. The zero-order valence-corrected chi connectivity index (χ0v) is 24.9. The second-order valence-electron chi connectivity index (χ2n) is 9.43. The van der Waals surface area contributed by atoms with Crippen LogP contribution in [0.2, 0.25) is 10.0 Å². The van der Waals surface area contributed by atoms with Crippen molar-refractivity contribution in [2.75, 3.05) is 30.8 Å². The molecule has 2 aromatic rings. The fourth-order valence-electron chi connectivity index (χ4n) is 3.97. The molecule has 0 aliphatic heterocycles. The second-order valence-corrected chi connectivity index (χ2v) is 12.1. The number of amides is 2. The molecule has 0 bridgehead atoms. The highest BCUT2D eigenvalue weighted by atomic mass is 35.5. The van der Waals surface area contributed by atoms with Crippen LogP contribution in [0.5, 0.6) is 5.75 Å². The third-order valence-corrected chi connectivity index (χ3v) is 7.86. The number of rotatable bonds is 14. The number of nitrogens with one attached hydrogen (secondary N) is 1. The highest BCUT2D eigenvalue weighted by Gasteiger charge is 2.30. The summed E-state index contributed by atoms with van der Waals surface area (Å²) in [7, 11) is -2.11. The summed E-state index contributed by atoms with van der Waals surface area (Å²) in [6.07, 6.45) is 1.76. The van der Waals surface area contributed by atoms with Gasteiger partial charge in [0.1, 0.15) is 11.8 Å². The normalized spacial score (nSPS) is 12.2. The predicted molar refractivity (Wildman–Crippen MR) is 153 cm³/mol. The monoisotopic (exact) mass is 585 g/mol. The average molecular weight is 587 g/mol. The molecule has 11 heteroatoms. The summed E-state index contributed by atoms with van der Waals surface area (Å²) in [5.41, 5.74) is 0.993. The Labute approximate surface area is 236 Å². The molecule has 8 nitrogen and oxygen atoms in total. The summed E-state index contributed by atoms with van der Waals surface area (Å²) < 4.78 is 31.5. The van der Waals surface area contributed by atoms with E-state index >= 15 is 0 Å². The van der Waals surface area contributed by atoms with Crippen molar-refractivity contribution >= 4 is 50.7 Å². The molecule has 0 saturated carbocycles. The van der Waals surface area contributed by atoms with Gasteiger partial charge in [0, 0.05) is 47.7 Å². The van der Waals surface area contributed by atoms with Crippen LogP contribution in [0.3, 0.4) is 0 Å². The molecule has 2 aromatic carbocycles. The molecule has 0 spiro atoms. The summed E-state index contributed by atoms with van der Waals surface area (Å²) in [5, 5.41) is 3.71. The van der Waals surface area contributed by atoms with Crippen molar-refractivity contribution < 1.29 is 22.7 Å². The SMILES string of the molecule is CC[C@H](C(=O)NCC(C)C)N(Cc1c(Cl)cccc1Cl)C(=O)CCCN(c1cccc(OC)c1)S(C)(=O)=O. The number of anilines is 1. The average Bonchev–Trinajstić information content (AvgIpc) is 2.86. The van der Waals surface area contributed by atoms with Gasteiger partial charge in [-0.1, -0.05) is 56.1 Å². The lowest BCUT2D eigenvalue weighted by molar-refractivity contribution is -0.141. The van der Waals surface area contributed by atoms with E-state index in [1.54, 1.807) is 42.5 Å². The van der Waals surface area contributed by atoms with Gasteiger partial charge in [-0.25, -0.2) is 8.42 Å². The van der Waals surface area contributed by atoms with Crippen molar-refractivity contribution in [2.24, 2.45) is 5.92 Å². The molecule has 0 fully saturated rings. The van der Waals surface area contributed by atoms with Crippen LogP contribution in [0.1, 0.15) is 45.6 Å². The van der Waals surface area contributed by atoms with E-state index in [0.717, 1.165) is 6.26 Å². The number of hydrogen-bond acceptors (Lipinski definition) is 5. The van der Waals surface area contributed by atoms with Gasteiger partial charge in [-0.15, -0.1) is 0 Å². The number of carbonyl (C=O) groups excluding carboxylic acids is 2. The molecule has 0 heterocycles. The first-order chi connectivity index (χ1) is 17.9. The zero-order valence-electron chi connectivity index (χ0n) is 22.5. The van der Waals surface area contributed by atoms with E-state index in [0.29, 0.717) is 40.0 Å². The minimum atomic E-state index is -3.62. The van der Waals surface area contributed by atoms with E-state index in [4.69, 9.17) is 27.9 Å². The van der Waals surface area contributed by atoms with Crippen LogP contribution in [0, 0.1) is 5.92 Å². The van der Waals surface area contributed by atoms with Gasteiger partial charge in [0.05, 0.1) is 19.1 Å². The highest BCUT2D eigenvalue weighted by Crippen LogP contribution is 2.28. The van der Waals surface area contributed by atoms with Crippen LogP contribution < -0.4 is 14.4 Å². The van der Waals surface area contributed by atoms with Gasteiger partial charge in [0.2, 0.25) is 21.8 Å². The number of hydrogen-bond donors (Lipinski definition) is 1. The Balaban J connectivity index is 2.28. The van der Waals surface area contributed by atoms with Gasteiger partial charge in [0.25, 0.3) is 0 Å². The summed E-state index contributed by atoms with van der Waals surface area (Å²) in [4.78, 5) is 28.1. The Morgan fingerprint density at radius 3 is 2.26 bits per heavy atom. The Morgan fingerprint density at radius 2 is 1.71 bits per heavy atom. The van der Waals surface area contributed by atoms with Crippen molar-refractivity contribution in [3.8, 4) is 5.75 Å². The molecule has 0 unspecified atom stereocenters. The molecule has 1 N–H and O–H groups in total. The van der Waals surface area contributed by atoms with Gasteiger partial charge < -0.3 is 15.0 Å². The van der Waals surface area contributed by atoms with Gasteiger partial charge in [-0.3, -0.25) is 13.9 Å². The van der Waals surface area contributed by atoms with Crippen LogP contribution in [0.25, 0.3) is 0 Å². The smallest absolute Gasteiger partial charge is 0.242 e. The van der Waals surface area contributed by atoms with E-state index < -0.39 is 16.1 Å². The lowest BCUT2D eigenvalue weighted by atomic mass is 10.1. The van der Waals surface area contributed by atoms with Gasteiger partial charge in [-0.2, -0.15) is 0 Å². The largest absolute Gasteiger partial charge is 0.497 e. The molecule has 0 saturated heterocycles. The third kappa shape index (κ3) is 9.06. The van der Waals surface area contributed by atoms with Gasteiger partial charge >= 0.3 is 0 Å². The van der Waals surface area contributed by atoms with E-state index in [1.807, 2.05) is 20.8 Å². The third-order valence-electron chi connectivity index (χ3n) is 5.95. The summed E-state index contributed by atoms with van der Waals surface area (Å²) in [6, 6.07) is 11.1. The molecule has 1 atom stereocenters. The van der Waals surface area contributed by atoms with Gasteiger partial charge in [0.15, 0.2) is 0 Å². The molecule has 38 heavy (non-hydrogen) atoms. The maximum absolute atomic E-state index is 13.6. The number of benzene rings is 2. The minimum absolute atomic E-state index is 0.0199. The van der Waals surface area contributed by atoms with Crippen LogP contribution in [-0.4, -0.2) is 57.6 Å². The fourth-order valence-corrected chi connectivity index (χ4v) is 5.44. The summed E-state index contributed by atoms with van der Waals surface area (Å²) in [6.45, 7) is 6.43.